The number of hydrogen-bond acceptors (Lipinski definition) is 6. The maximum Gasteiger partial charge on any atom is 0.240 e. The second-order valence-electron chi connectivity index (χ2n) is 8.37. The summed E-state index contributed by atoms with van der Waals surface area (Å²) in [5.74, 6) is -0.953. The van der Waals surface area contributed by atoms with Crippen LogP contribution >= 0.6 is 0 Å². The van der Waals surface area contributed by atoms with E-state index in [-0.39, 0.29) is 29.0 Å². The quantitative estimate of drug-likeness (QED) is 0.650. The zero-order valence-electron chi connectivity index (χ0n) is 18.2. The molecule has 0 bridgehead atoms. The van der Waals surface area contributed by atoms with Gasteiger partial charge in [-0.05, 0) is 30.2 Å². The minimum Gasteiger partial charge on any atom is -0.347 e. The SMILES string of the molecule is CC(=O)Nc1ccc(S(=O)(=O)N[C@@H](CC(=O)N2CCC3(CC2)OCCO3)C(C)C)cc1. The molecule has 10 heteroatoms. The van der Waals surface area contributed by atoms with Crippen molar-refractivity contribution in [1.82, 2.24) is 9.62 Å². The first-order chi connectivity index (χ1) is 14.6. The van der Waals surface area contributed by atoms with E-state index in [1.165, 1.54) is 31.2 Å². The van der Waals surface area contributed by atoms with E-state index in [1.54, 1.807) is 4.90 Å². The molecule has 2 amide bonds. The van der Waals surface area contributed by atoms with Crippen LogP contribution < -0.4 is 10.0 Å². The van der Waals surface area contributed by atoms with E-state index in [0.717, 1.165) is 0 Å². The molecule has 1 spiro atoms. The number of nitrogens with zero attached hydrogens (tertiary/aromatic N) is 1. The van der Waals surface area contributed by atoms with Crippen LogP contribution in [0.3, 0.4) is 0 Å². The lowest BCUT2D eigenvalue weighted by Gasteiger charge is -2.38. The van der Waals surface area contributed by atoms with E-state index in [4.69, 9.17) is 9.47 Å². The molecule has 0 aromatic heterocycles. The number of benzene rings is 1. The highest BCUT2D eigenvalue weighted by Gasteiger charge is 2.41. The van der Waals surface area contributed by atoms with Crippen LogP contribution in [0.25, 0.3) is 0 Å². The topological polar surface area (TPSA) is 114 Å². The van der Waals surface area contributed by atoms with Crippen LogP contribution in [-0.2, 0) is 29.1 Å². The molecule has 2 aliphatic heterocycles. The van der Waals surface area contributed by atoms with Gasteiger partial charge >= 0.3 is 0 Å². The summed E-state index contributed by atoms with van der Waals surface area (Å²) < 4.78 is 39.8. The maximum atomic E-state index is 12.9. The van der Waals surface area contributed by atoms with Crippen LogP contribution in [-0.4, -0.2) is 63.3 Å². The van der Waals surface area contributed by atoms with Crippen molar-refractivity contribution < 1.29 is 27.5 Å². The third kappa shape index (κ3) is 6.03. The lowest BCUT2D eigenvalue weighted by Crippen LogP contribution is -2.49. The summed E-state index contributed by atoms with van der Waals surface area (Å²) in [5, 5.41) is 2.60. The Kier molecular flexibility index (Phi) is 7.35. The van der Waals surface area contributed by atoms with Gasteiger partial charge in [-0.25, -0.2) is 13.1 Å². The highest BCUT2D eigenvalue weighted by atomic mass is 32.2. The summed E-state index contributed by atoms with van der Waals surface area (Å²) in [5.41, 5.74) is 0.514. The van der Waals surface area contributed by atoms with Crippen LogP contribution in [0.5, 0.6) is 0 Å². The Balaban J connectivity index is 1.61. The Morgan fingerprint density at radius 1 is 1.10 bits per heavy atom. The lowest BCUT2D eigenvalue weighted by molar-refractivity contribution is -0.187. The van der Waals surface area contributed by atoms with Crippen molar-refractivity contribution >= 4 is 27.5 Å². The zero-order chi connectivity index (χ0) is 22.6. The molecule has 2 fully saturated rings. The molecular formula is C21H31N3O6S. The van der Waals surface area contributed by atoms with Crippen molar-refractivity contribution in [2.75, 3.05) is 31.6 Å². The van der Waals surface area contributed by atoms with Gasteiger partial charge in [0.05, 0.1) is 18.1 Å². The number of ether oxygens (including phenoxy) is 2. The number of carbonyl (C=O) groups excluding carboxylic acids is 2. The average Bonchev–Trinajstić information content (AvgIpc) is 3.15. The van der Waals surface area contributed by atoms with Gasteiger partial charge in [0.1, 0.15) is 0 Å². The first kappa shape index (κ1) is 23.6. The molecule has 0 aliphatic carbocycles. The molecular weight excluding hydrogens is 422 g/mol. The Bertz CT molecular complexity index is 884. The van der Waals surface area contributed by atoms with E-state index in [1.807, 2.05) is 13.8 Å². The minimum atomic E-state index is -3.82. The molecule has 1 atom stereocenters. The Labute approximate surface area is 183 Å². The molecule has 31 heavy (non-hydrogen) atoms. The summed E-state index contributed by atoms with van der Waals surface area (Å²) in [4.78, 5) is 25.8. The highest BCUT2D eigenvalue weighted by molar-refractivity contribution is 7.89. The number of likely N-dealkylation sites (tertiary alicyclic amines) is 1. The normalized spacial score (nSPS) is 19.5. The number of hydrogen-bond donors (Lipinski definition) is 2. The number of sulfonamides is 1. The molecule has 0 unspecified atom stereocenters. The van der Waals surface area contributed by atoms with Crippen LogP contribution in [0.15, 0.2) is 29.2 Å². The third-order valence-corrected chi connectivity index (χ3v) is 7.19. The predicted molar refractivity (Wildman–Crippen MR) is 115 cm³/mol. The molecule has 2 heterocycles. The van der Waals surface area contributed by atoms with E-state index in [9.17, 15) is 18.0 Å². The molecule has 1 aromatic carbocycles. The van der Waals surface area contributed by atoms with Crippen molar-refractivity contribution in [3.63, 3.8) is 0 Å². The highest BCUT2D eigenvalue weighted by Crippen LogP contribution is 2.31. The predicted octanol–water partition coefficient (Wildman–Crippen LogP) is 1.70. The molecule has 0 radical (unpaired) electrons. The summed E-state index contributed by atoms with van der Waals surface area (Å²) in [7, 11) is -3.82. The fourth-order valence-corrected chi connectivity index (χ4v) is 5.19. The van der Waals surface area contributed by atoms with Crippen LogP contribution in [0.2, 0.25) is 0 Å². The number of piperidine rings is 1. The fourth-order valence-electron chi connectivity index (χ4n) is 3.80. The smallest absolute Gasteiger partial charge is 0.240 e. The minimum absolute atomic E-state index is 0.0741. The van der Waals surface area contributed by atoms with Crippen LogP contribution in [0.4, 0.5) is 5.69 Å². The van der Waals surface area contributed by atoms with E-state index >= 15 is 0 Å². The van der Waals surface area contributed by atoms with Gasteiger partial charge in [0.15, 0.2) is 5.79 Å². The second-order valence-corrected chi connectivity index (χ2v) is 10.1. The van der Waals surface area contributed by atoms with E-state index in [2.05, 4.69) is 10.0 Å². The molecule has 1 aromatic rings. The average molecular weight is 454 g/mol. The molecule has 2 saturated heterocycles. The Hall–Kier alpha value is -2.01. The van der Waals surface area contributed by atoms with Crippen molar-refractivity contribution in [2.45, 2.75) is 56.8 Å². The largest absolute Gasteiger partial charge is 0.347 e. The van der Waals surface area contributed by atoms with Gasteiger partial charge in [-0.15, -0.1) is 0 Å². The number of amides is 2. The molecule has 9 nitrogen and oxygen atoms in total. The summed E-state index contributed by atoms with van der Waals surface area (Å²) in [6.07, 6.45) is 1.32. The van der Waals surface area contributed by atoms with E-state index in [0.29, 0.717) is 44.8 Å². The summed E-state index contributed by atoms with van der Waals surface area (Å²) in [6.45, 7) is 7.36. The molecule has 0 saturated carbocycles. The Morgan fingerprint density at radius 3 is 2.19 bits per heavy atom. The first-order valence-electron chi connectivity index (χ1n) is 10.6. The fraction of sp³-hybridized carbons (Fsp3) is 0.619. The molecule has 2 N–H and O–H groups in total. The van der Waals surface area contributed by atoms with Crippen molar-refractivity contribution in [3.8, 4) is 0 Å². The van der Waals surface area contributed by atoms with Gasteiger partial charge < -0.3 is 19.7 Å². The monoisotopic (exact) mass is 453 g/mol. The van der Waals surface area contributed by atoms with Gasteiger partial charge in [0.25, 0.3) is 0 Å². The Morgan fingerprint density at radius 2 is 1.68 bits per heavy atom. The second kappa shape index (κ2) is 9.64. The summed E-state index contributed by atoms with van der Waals surface area (Å²) in [6, 6.07) is 5.38. The van der Waals surface area contributed by atoms with Crippen molar-refractivity contribution in [3.05, 3.63) is 24.3 Å². The molecule has 2 aliphatic rings. The first-order valence-corrected chi connectivity index (χ1v) is 12.0. The van der Waals surface area contributed by atoms with Gasteiger partial charge in [0, 0.05) is 51.0 Å². The van der Waals surface area contributed by atoms with Gasteiger partial charge in [-0.1, -0.05) is 13.8 Å². The molecule has 3 rings (SSSR count). The van der Waals surface area contributed by atoms with Gasteiger partial charge in [-0.2, -0.15) is 0 Å². The van der Waals surface area contributed by atoms with Crippen LogP contribution in [0, 0.1) is 5.92 Å². The maximum absolute atomic E-state index is 12.9. The van der Waals surface area contributed by atoms with Crippen molar-refractivity contribution in [1.29, 1.82) is 0 Å². The lowest BCUT2D eigenvalue weighted by atomic mass is 9.99. The van der Waals surface area contributed by atoms with Gasteiger partial charge in [-0.3, -0.25) is 9.59 Å². The third-order valence-electron chi connectivity index (χ3n) is 5.68. The number of carbonyl (C=O) groups is 2. The molecule has 172 valence electrons. The zero-order valence-corrected chi connectivity index (χ0v) is 19.0. The standard InChI is InChI=1S/C21H31N3O6S/c1-15(2)19(14-20(26)24-10-8-21(9-11-24)29-12-13-30-21)23-31(27,28)18-6-4-17(5-7-18)22-16(3)25/h4-7,15,19,23H,8-14H2,1-3H3,(H,22,25)/t19-/m0/s1. The number of rotatable bonds is 7. The van der Waals surface area contributed by atoms with E-state index < -0.39 is 21.9 Å². The van der Waals surface area contributed by atoms with Crippen LogP contribution in [0.1, 0.15) is 40.0 Å². The summed E-state index contributed by atoms with van der Waals surface area (Å²) >= 11 is 0. The number of anilines is 1. The van der Waals surface area contributed by atoms with Crippen molar-refractivity contribution in [2.24, 2.45) is 5.92 Å². The number of nitrogens with one attached hydrogen (secondary N) is 2. The van der Waals surface area contributed by atoms with Gasteiger partial charge in [0.2, 0.25) is 21.8 Å².